The molecule has 0 heterocycles. The van der Waals surface area contributed by atoms with Gasteiger partial charge in [0.25, 0.3) is 0 Å². The van der Waals surface area contributed by atoms with E-state index in [4.69, 9.17) is 9.84 Å². The number of carbonyl (C=O) groups is 1. The average Bonchev–Trinajstić information content (AvgIpc) is 2.23. The van der Waals surface area contributed by atoms with Gasteiger partial charge in [-0.1, -0.05) is 6.07 Å². The predicted octanol–water partition coefficient (Wildman–Crippen LogP) is 2.71. The summed E-state index contributed by atoms with van der Waals surface area (Å²) in [6.45, 7) is 5.88. The number of hydrogen-bond acceptors (Lipinski definition) is 2. The molecule has 0 aromatic heterocycles. The van der Waals surface area contributed by atoms with E-state index >= 15 is 0 Å². The molecule has 0 fully saturated rings. The third kappa shape index (κ3) is 3.42. The highest BCUT2D eigenvalue weighted by atomic mass is 16.5. The van der Waals surface area contributed by atoms with E-state index in [1.807, 2.05) is 32.0 Å². The lowest BCUT2D eigenvalue weighted by Gasteiger charge is -2.06. The van der Waals surface area contributed by atoms with Crippen LogP contribution in [0.1, 0.15) is 18.1 Å². The minimum absolute atomic E-state index is 0.278. The molecule has 1 aromatic carbocycles. The van der Waals surface area contributed by atoms with E-state index in [0.29, 0.717) is 5.57 Å². The molecule has 1 aromatic rings. The van der Waals surface area contributed by atoms with Gasteiger partial charge in [0, 0.05) is 5.57 Å². The van der Waals surface area contributed by atoms with E-state index in [9.17, 15) is 4.79 Å². The van der Waals surface area contributed by atoms with Gasteiger partial charge in [0.05, 0.1) is 0 Å². The lowest BCUT2D eigenvalue weighted by atomic mass is 10.1. The van der Waals surface area contributed by atoms with Crippen LogP contribution < -0.4 is 4.74 Å². The summed E-state index contributed by atoms with van der Waals surface area (Å²) < 4.78 is 5.42. The fraction of sp³-hybridized carbons (Fsp3) is 0.308. The standard InChI is InChI=1S/C13H16O3/c1-9-4-5-12(8-11(9)3)16-7-6-10(2)13(14)15/h4-6,8H,7H2,1-3H3,(H,14,15). The molecule has 16 heavy (non-hydrogen) atoms. The Morgan fingerprint density at radius 2 is 2.06 bits per heavy atom. The molecule has 0 atom stereocenters. The summed E-state index contributed by atoms with van der Waals surface area (Å²) >= 11 is 0. The van der Waals surface area contributed by atoms with Crippen LogP contribution in [0.5, 0.6) is 5.75 Å². The zero-order valence-electron chi connectivity index (χ0n) is 9.78. The smallest absolute Gasteiger partial charge is 0.331 e. The summed E-state index contributed by atoms with van der Waals surface area (Å²) in [5.74, 6) is -0.152. The molecular weight excluding hydrogens is 204 g/mol. The summed E-state index contributed by atoms with van der Waals surface area (Å²) in [7, 11) is 0. The van der Waals surface area contributed by atoms with Gasteiger partial charge in [0.1, 0.15) is 12.4 Å². The van der Waals surface area contributed by atoms with E-state index in [1.165, 1.54) is 5.56 Å². The van der Waals surface area contributed by atoms with Gasteiger partial charge >= 0.3 is 5.97 Å². The molecule has 0 spiro atoms. The van der Waals surface area contributed by atoms with Crippen LogP contribution in [-0.2, 0) is 4.79 Å². The Balaban J connectivity index is 2.59. The third-order valence-electron chi connectivity index (χ3n) is 2.46. The van der Waals surface area contributed by atoms with Crippen LogP contribution in [-0.4, -0.2) is 17.7 Å². The first kappa shape index (κ1) is 12.3. The zero-order chi connectivity index (χ0) is 12.1. The van der Waals surface area contributed by atoms with Crippen molar-refractivity contribution in [1.82, 2.24) is 0 Å². The van der Waals surface area contributed by atoms with E-state index in [2.05, 4.69) is 0 Å². The number of aryl methyl sites for hydroxylation is 2. The van der Waals surface area contributed by atoms with Crippen molar-refractivity contribution in [3.8, 4) is 5.75 Å². The van der Waals surface area contributed by atoms with Crippen molar-refractivity contribution in [2.24, 2.45) is 0 Å². The van der Waals surface area contributed by atoms with E-state index in [1.54, 1.807) is 13.0 Å². The number of carboxylic acid groups (broad SMARTS) is 1. The summed E-state index contributed by atoms with van der Waals surface area (Å²) in [4.78, 5) is 10.5. The highest BCUT2D eigenvalue weighted by Crippen LogP contribution is 2.16. The average molecular weight is 220 g/mol. The Morgan fingerprint density at radius 3 is 2.62 bits per heavy atom. The third-order valence-corrected chi connectivity index (χ3v) is 2.46. The molecule has 0 amide bonds. The topological polar surface area (TPSA) is 46.5 Å². The zero-order valence-corrected chi connectivity index (χ0v) is 9.78. The summed E-state index contributed by atoms with van der Waals surface area (Å²) in [5, 5.41) is 8.64. The molecule has 1 N–H and O–H groups in total. The molecule has 3 heteroatoms. The highest BCUT2D eigenvalue weighted by Gasteiger charge is 1.99. The number of hydrogen-bond donors (Lipinski definition) is 1. The van der Waals surface area contributed by atoms with Crippen LogP contribution in [0, 0.1) is 13.8 Å². The lowest BCUT2D eigenvalue weighted by molar-refractivity contribution is -0.132. The molecule has 86 valence electrons. The Hall–Kier alpha value is -1.77. The Kier molecular flexibility index (Phi) is 4.11. The van der Waals surface area contributed by atoms with Crippen LogP contribution in [0.25, 0.3) is 0 Å². The molecule has 0 aliphatic carbocycles. The van der Waals surface area contributed by atoms with E-state index < -0.39 is 5.97 Å². The van der Waals surface area contributed by atoms with Crippen molar-refractivity contribution in [3.63, 3.8) is 0 Å². The van der Waals surface area contributed by atoms with Crippen molar-refractivity contribution in [3.05, 3.63) is 41.0 Å². The Bertz CT molecular complexity index is 419. The molecule has 0 bridgehead atoms. The molecule has 0 saturated carbocycles. The highest BCUT2D eigenvalue weighted by molar-refractivity contribution is 5.85. The van der Waals surface area contributed by atoms with Crippen LogP contribution in [0.3, 0.4) is 0 Å². The van der Waals surface area contributed by atoms with Gasteiger partial charge in [0.15, 0.2) is 0 Å². The lowest BCUT2D eigenvalue weighted by Crippen LogP contribution is -2.00. The van der Waals surface area contributed by atoms with Crippen molar-refractivity contribution in [2.45, 2.75) is 20.8 Å². The SMILES string of the molecule is CC(=CCOc1ccc(C)c(C)c1)C(=O)O. The van der Waals surface area contributed by atoms with E-state index in [-0.39, 0.29) is 6.61 Å². The normalized spacial score (nSPS) is 11.3. The van der Waals surface area contributed by atoms with Crippen LogP contribution in [0.15, 0.2) is 29.8 Å². The predicted molar refractivity (Wildman–Crippen MR) is 62.8 cm³/mol. The van der Waals surface area contributed by atoms with Gasteiger partial charge < -0.3 is 9.84 Å². The first-order valence-electron chi connectivity index (χ1n) is 5.11. The first-order valence-corrected chi connectivity index (χ1v) is 5.11. The van der Waals surface area contributed by atoms with Gasteiger partial charge in [-0.2, -0.15) is 0 Å². The Morgan fingerprint density at radius 1 is 1.38 bits per heavy atom. The van der Waals surface area contributed by atoms with Crippen molar-refractivity contribution in [1.29, 1.82) is 0 Å². The first-order chi connectivity index (χ1) is 7.50. The molecule has 0 aliphatic heterocycles. The minimum atomic E-state index is -0.913. The monoisotopic (exact) mass is 220 g/mol. The van der Waals surface area contributed by atoms with Gasteiger partial charge in [-0.05, 0) is 50.1 Å². The summed E-state index contributed by atoms with van der Waals surface area (Å²) in [6.07, 6.45) is 1.55. The van der Waals surface area contributed by atoms with Gasteiger partial charge in [-0.3, -0.25) is 0 Å². The van der Waals surface area contributed by atoms with Crippen LogP contribution >= 0.6 is 0 Å². The largest absolute Gasteiger partial charge is 0.490 e. The number of carboxylic acids is 1. The van der Waals surface area contributed by atoms with Crippen molar-refractivity contribution in [2.75, 3.05) is 6.61 Å². The molecule has 1 rings (SSSR count). The maximum absolute atomic E-state index is 10.5. The Labute approximate surface area is 95.4 Å². The second kappa shape index (κ2) is 5.35. The molecule has 0 unspecified atom stereocenters. The molecule has 0 aliphatic rings. The van der Waals surface area contributed by atoms with Crippen LogP contribution in [0.4, 0.5) is 0 Å². The number of rotatable bonds is 4. The number of benzene rings is 1. The number of ether oxygens (including phenoxy) is 1. The van der Waals surface area contributed by atoms with Crippen molar-refractivity contribution < 1.29 is 14.6 Å². The second-order valence-electron chi connectivity index (χ2n) is 3.75. The molecule has 3 nitrogen and oxygen atoms in total. The maximum atomic E-state index is 10.5. The maximum Gasteiger partial charge on any atom is 0.331 e. The quantitative estimate of drug-likeness (QED) is 0.793. The molecular formula is C13H16O3. The van der Waals surface area contributed by atoms with Crippen LogP contribution in [0.2, 0.25) is 0 Å². The van der Waals surface area contributed by atoms with Crippen molar-refractivity contribution >= 4 is 5.97 Å². The fourth-order valence-corrected chi connectivity index (χ4v) is 1.15. The van der Waals surface area contributed by atoms with Gasteiger partial charge in [-0.25, -0.2) is 4.79 Å². The number of aliphatic carboxylic acids is 1. The van der Waals surface area contributed by atoms with Gasteiger partial charge in [-0.15, -0.1) is 0 Å². The summed E-state index contributed by atoms with van der Waals surface area (Å²) in [5.41, 5.74) is 2.67. The second-order valence-corrected chi connectivity index (χ2v) is 3.75. The molecule has 0 radical (unpaired) electrons. The van der Waals surface area contributed by atoms with E-state index in [0.717, 1.165) is 11.3 Å². The fourth-order valence-electron chi connectivity index (χ4n) is 1.15. The minimum Gasteiger partial charge on any atom is -0.490 e. The molecule has 0 saturated heterocycles. The summed E-state index contributed by atoms with van der Waals surface area (Å²) in [6, 6.07) is 5.81. The van der Waals surface area contributed by atoms with Gasteiger partial charge in [0.2, 0.25) is 0 Å².